The number of oxazole rings is 1. The third kappa shape index (κ3) is 2.30. The Hall–Kier alpha value is -1.52. The highest BCUT2D eigenvalue weighted by Gasteiger charge is 2.13. The Balaban J connectivity index is 2.08. The molecular formula is C15H11BrClNO2. The van der Waals surface area contributed by atoms with Gasteiger partial charge in [0, 0.05) is 12.1 Å². The third-order valence-electron chi connectivity index (χ3n) is 3.25. The van der Waals surface area contributed by atoms with Crippen LogP contribution in [0.1, 0.15) is 16.0 Å². The summed E-state index contributed by atoms with van der Waals surface area (Å²) in [5.41, 5.74) is 3.43. The zero-order valence-electron chi connectivity index (χ0n) is 10.6. The van der Waals surface area contributed by atoms with Gasteiger partial charge in [-0.2, -0.15) is 0 Å². The third-order valence-corrected chi connectivity index (χ3v) is 4.54. The van der Waals surface area contributed by atoms with Gasteiger partial charge in [0.25, 0.3) is 0 Å². The molecule has 0 N–H and O–H groups in total. The summed E-state index contributed by atoms with van der Waals surface area (Å²) in [4.78, 5) is 11.5. The van der Waals surface area contributed by atoms with Gasteiger partial charge in [-0.25, -0.2) is 4.79 Å². The average Bonchev–Trinajstić information content (AvgIpc) is 2.73. The van der Waals surface area contributed by atoms with Crippen molar-refractivity contribution in [2.45, 2.75) is 4.83 Å². The minimum atomic E-state index is -0.356. The number of rotatable bonds is 2. The Bertz CT molecular complexity index is 837. The van der Waals surface area contributed by atoms with Gasteiger partial charge in [0.1, 0.15) is 0 Å². The maximum absolute atomic E-state index is 11.5. The van der Waals surface area contributed by atoms with Gasteiger partial charge in [-0.3, -0.25) is 4.57 Å². The van der Waals surface area contributed by atoms with Gasteiger partial charge in [-0.05, 0) is 35.4 Å². The molecule has 3 rings (SSSR count). The van der Waals surface area contributed by atoms with Crippen molar-refractivity contribution in [3.8, 4) is 0 Å². The molecular weight excluding hydrogens is 342 g/mol. The van der Waals surface area contributed by atoms with Gasteiger partial charge >= 0.3 is 5.76 Å². The summed E-state index contributed by atoms with van der Waals surface area (Å²) in [6, 6.07) is 13.4. The van der Waals surface area contributed by atoms with Crippen molar-refractivity contribution in [2.24, 2.45) is 7.05 Å². The van der Waals surface area contributed by atoms with Gasteiger partial charge in [-0.15, -0.1) is 0 Å². The first-order chi connectivity index (χ1) is 9.56. The molecule has 102 valence electrons. The second-order valence-electron chi connectivity index (χ2n) is 4.57. The largest absolute Gasteiger partial charge is 0.419 e. The van der Waals surface area contributed by atoms with Crippen LogP contribution < -0.4 is 5.76 Å². The molecule has 2 aromatic carbocycles. The summed E-state index contributed by atoms with van der Waals surface area (Å²) < 4.78 is 6.70. The summed E-state index contributed by atoms with van der Waals surface area (Å²) in [6.45, 7) is 0. The molecule has 1 heterocycles. The van der Waals surface area contributed by atoms with Gasteiger partial charge in [0.2, 0.25) is 0 Å². The van der Waals surface area contributed by atoms with Crippen LogP contribution >= 0.6 is 27.5 Å². The quantitative estimate of drug-likeness (QED) is 0.646. The molecule has 0 aliphatic carbocycles. The van der Waals surface area contributed by atoms with Crippen molar-refractivity contribution in [1.29, 1.82) is 0 Å². The Morgan fingerprint density at radius 1 is 1.20 bits per heavy atom. The molecule has 0 aliphatic rings. The van der Waals surface area contributed by atoms with E-state index in [0.717, 1.165) is 16.6 Å². The van der Waals surface area contributed by atoms with E-state index >= 15 is 0 Å². The van der Waals surface area contributed by atoms with Crippen LogP contribution in [0.2, 0.25) is 5.02 Å². The van der Waals surface area contributed by atoms with Crippen LogP contribution in [-0.4, -0.2) is 4.57 Å². The lowest BCUT2D eigenvalue weighted by Gasteiger charge is -2.11. The number of fused-ring (bicyclic) bond motifs is 1. The second-order valence-corrected chi connectivity index (χ2v) is 5.92. The smallest absolute Gasteiger partial charge is 0.408 e. The Kier molecular flexibility index (Phi) is 3.44. The highest BCUT2D eigenvalue weighted by atomic mass is 79.9. The van der Waals surface area contributed by atoms with Gasteiger partial charge < -0.3 is 4.42 Å². The highest BCUT2D eigenvalue weighted by molar-refractivity contribution is 9.09. The van der Waals surface area contributed by atoms with E-state index in [9.17, 15) is 4.79 Å². The number of benzene rings is 2. The van der Waals surface area contributed by atoms with Crippen LogP contribution in [0.5, 0.6) is 0 Å². The molecule has 0 saturated carbocycles. The van der Waals surface area contributed by atoms with E-state index in [2.05, 4.69) is 15.9 Å². The number of hydrogen-bond acceptors (Lipinski definition) is 2. The highest BCUT2D eigenvalue weighted by Crippen LogP contribution is 2.33. The lowest BCUT2D eigenvalue weighted by Crippen LogP contribution is -2.08. The van der Waals surface area contributed by atoms with Crippen LogP contribution in [0.3, 0.4) is 0 Å². The van der Waals surface area contributed by atoms with Crippen molar-refractivity contribution in [3.63, 3.8) is 0 Å². The van der Waals surface area contributed by atoms with E-state index in [-0.39, 0.29) is 10.6 Å². The van der Waals surface area contributed by atoms with Crippen molar-refractivity contribution in [2.75, 3.05) is 0 Å². The molecule has 0 aliphatic heterocycles. The van der Waals surface area contributed by atoms with Crippen LogP contribution in [0.15, 0.2) is 51.7 Å². The summed E-state index contributed by atoms with van der Waals surface area (Å²) in [6.07, 6.45) is 0. The molecule has 3 aromatic rings. The van der Waals surface area contributed by atoms with Gasteiger partial charge in [-0.1, -0.05) is 45.7 Å². The maximum atomic E-state index is 11.5. The molecule has 0 amide bonds. The second kappa shape index (κ2) is 5.11. The number of alkyl halides is 1. The molecule has 0 radical (unpaired) electrons. The van der Waals surface area contributed by atoms with Crippen LogP contribution in [-0.2, 0) is 7.05 Å². The van der Waals surface area contributed by atoms with E-state index in [0.29, 0.717) is 10.6 Å². The zero-order chi connectivity index (χ0) is 14.3. The minimum Gasteiger partial charge on any atom is -0.408 e. The number of aryl methyl sites for hydroxylation is 1. The predicted octanol–water partition coefficient (Wildman–Crippen LogP) is 4.27. The van der Waals surface area contributed by atoms with E-state index in [1.807, 2.05) is 42.5 Å². The SMILES string of the molecule is Cn1c(=O)oc2cc(C(Br)c3cccc(Cl)c3)ccc21. The van der Waals surface area contributed by atoms with Crippen molar-refractivity contribution in [1.82, 2.24) is 4.57 Å². The first kappa shape index (κ1) is 13.5. The normalized spacial score (nSPS) is 12.8. The number of nitrogens with zero attached hydrogens (tertiary/aromatic N) is 1. The topological polar surface area (TPSA) is 35.1 Å². The van der Waals surface area contributed by atoms with Crippen LogP contribution in [0.25, 0.3) is 11.1 Å². The summed E-state index contributed by atoms with van der Waals surface area (Å²) >= 11 is 9.67. The molecule has 1 atom stereocenters. The Morgan fingerprint density at radius 2 is 1.95 bits per heavy atom. The lowest BCUT2D eigenvalue weighted by atomic mass is 10.0. The maximum Gasteiger partial charge on any atom is 0.419 e. The summed E-state index contributed by atoms with van der Waals surface area (Å²) in [7, 11) is 1.69. The van der Waals surface area contributed by atoms with Crippen LogP contribution in [0.4, 0.5) is 0 Å². The molecule has 3 nitrogen and oxygen atoms in total. The fraction of sp³-hybridized carbons (Fsp3) is 0.133. The zero-order valence-corrected chi connectivity index (χ0v) is 13.0. The van der Waals surface area contributed by atoms with E-state index < -0.39 is 0 Å². The minimum absolute atomic E-state index is 0.00360. The fourth-order valence-corrected chi connectivity index (χ4v) is 2.93. The summed E-state index contributed by atoms with van der Waals surface area (Å²) in [5, 5.41) is 0.694. The monoisotopic (exact) mass is 351 g/mol. The fourth-order valence-electron chi connectivity index (χ4n) is 2.16. The number of aromatic nitrogens is 1. The number of halogens is 2. The predicted molar refractivity (Wildman–Crippen MR) is 83.7 cm³/mol. The average molecular weight is 353 g/mol. The molecule has 0 spiro atoms. The molecule has 0 fully saturated rings. The van der Waals surface area contributed by atoms with Crippen molar-refractivity contribution in [3.05, 3.63) is 69.2 Å². The molecule has 1 unspecified atom stereocenters. The molecule has 20 heavy (non-hydrogen) atoms. The summed E-state index contributed by atoms with van der Waals surface area (Å²) in [5.74, 6) is -0.356. The van der Waals surface area contributed by atoms with Crippen molar-refractivity contribution < 1.29 is 4.42 Å². The van der Waals surface area contributed by atoms with Gasteiger partial charge in [0.05, 0.1) is 10.3 Å². The first-order valence-corrected chi connectivity index (χ1v) is 7.34. The van der Waals surface area contributed by atoms with Crippen LogP contribution in [0, 0.1) is 0 Å². The van der Waals surface area contributed by atoms with Gasteiger partial charge in [0.15, 0.2) is 5.58 Å². The molecule has 0 bridgehead atoms. The number of hydrogen-bond donors (Lipinski definition) is 0. The standard InChI is InChI=1S/C15H11BrClNO2/c1-18-12-6-5-10(8-13(12)20-15(18)19)14(16)9-3-2-4-11(17)7-9/h2-8,14H,1H3. The molecule has 5 heteroatoms. The first-order valence-electron chi connectivity index (χ1n) is 6.05. The van der Waals surface area contributed by atoms with E-state index in [4.69, 9.17) is 16.0 Å². The molecule has 0 saturated heterocycles. The van der Waals surface area contributed by atoms with E-state index in [1.165, 1.54) is 4.57 Å². The Labute approximate surface area is 128 Å². The molecule has 1 aromatic heterocycles. The van der Waals surface area contributed by atoms with E-state index in [1.54, 1.807) is 7.05 Å². The lowest BCUT2D eigenvalue weighted by molar-refractivity contribution is 0.528. The Morgan fingerprint density at radius 3 is 2.70 bits per heavy atom. The van der Waals surface area contributed by atoms with Crippen molar-refractivity contribution >= 4 is 38.6 Å².